The van der Waals surface area contributed by atoms with Gasteiger partial charge in [0.2, 0.25) is 10.0 Å². The van der Waals surface area contributed by atoms with Crippen LogP contribution in [0.4, 0.5) is 0 Å². The van der Waals surface area contributed by atoms with E-state index in [1.807, 2.05) is 24.3 Å². The lowest BCUT2D eigenvalue weighted by Crippen LogP contribution is -2.36. The lowest BCUT2D eigenvalue weighted by molar-refractivity contribution is 0.388. The van der Waals surface area contributed by atoms with Crippen LogP contribution in [0.25, 0.3) is 0 Å². The Kier molecular flexibility index (Phi) is 5.60. The van der Waals surface area contributed by atoms with Crippen LogP contribution < -0.4 is 5.32 Å². The molecule has 1 N–H and O–H groups in total. The average molecular weight is 361 g/mol. The van der Waals surface area contributed by atoms with E-state index >= 15 is 0 Å². The molecule has 1 heterocycles. The summed E-state index contributed by atoms with van der Waals surface area (Å²) in [7, 11) is -1.52. The monoisotopic (exact) mass is 360 g/mol. The maximum absolute atomic E-state index is 12.4. The standard InChI is InChI=1S/C14H21BrN2O2S/c1-17(10-13-3-2-4-14(15)9-13)20(18,19)11-12-5-7-16-8-6-12/h2-4,9,12,16H,5-8,10-11H2,1H3. The fourth-order valence-corrected chi connectivity index (χ4v) is 4.44. The van der Waals surface area contributed by atoms with Gasteiger partial charge in [-0.15, -0.1) is 0 Å². The van der Waals surface area contributed by atoms with Gasteiger partial charge in [-0.3, -0.25) is 0 Å². The van der Waals surface area contributed by atoms with Gasteiger partial charge in [0.15, 0.2) is 0 Å². The Balaban J connectivity index is 1.97. The van der Waals surface area contributed by atoms with Crippen molar-refractivity contribution in [1.29, 1.82) is 0 Å². The summed E-state index contributed by atoms with van der Waals surface area (Å²) in [5.41, 5.74) is 0.996. The van der Waals surface area contributed by atoms with Gasteiger partial charge in [0, 0.05) is 18.1 Å². The minimum absolute atomic E-state index is 0.263. The van der Waals surface area contributed by atoms with Gasteiger partial charge in [-0.1, -0.05) is 28.1 Å². The third kappa shape index (κ3) is 4.55. The Bertz CT molecular complexity index is 542. The number of benzene rings is 1. The van der Waals surface area contributed by atoms with Gasteiger partial charge in [-0.05, 0) is 49.5 Å². The second kappa shape index (κ2) is 7.02. The van der Waals surface area contributed by atoms with Gasteiger partial charge < -0.3 is 5.32 Å². The zero-order valence-corrected chi connectivity index (χ0v) is 14.1. The van der Waals surface area contributed by atoms with E-state index < -0.39 is 10.0 Å². The number of hydrogen-bond donors (Lipinski definition) is 1. The molecule has 0 amide bonds. The Labute approximate surface area is 129 Å². The molecule has 4 nitrogen and oxygen atoms in total. The molecule has 0 saturated carbocycles. The molecular formula is C14H21BrN2O2S. The van der Waals surface area contributed by atoms with Crippen LogP contribution in [0.15, 0.2) is 28.7 Å². The molecule has 0 unspecified atom stereocenters. The molecule has 1 aromatic carbocycles. The summed E-state index contributed by atoms with van der Waals surface area (Å²) < 4.78 is 27.2. The molecule has 1 saturated heterocycles. The highest BCUT2D eigenvalue weighted by Crippen LogP contribution is 2.18. The molecule has 0 bridgehead atoms. The maximum Gasteiger partial charge on any atom is 0.214 e. The molecule has 0 atom stereocenters. The number of hydrogen-bond acceptors (Lipinski definition) is 3. The first-order valence-corrected chi connectivity index (χ1v) is 9.27. The van der Waals surface area contributed by atoms with Crippen molar-refractivity contribution in [2.24, 2.45) is 5.92 Å². The molecule has 0 aromatic heterocycles. The van der Waals surface area contributed by atoms with E-state index in [1.165, 1.54) is 4.31 Å². The Morgan fingerprint density at radius 2 is 2.05 bits per heavy atom. The number of rotatable bonds is 5. The summed E-state index contributed by atoms with van der Waals surface area (Å²) in [5.74, 6) is 0.547. The fourth-order valence-electron chi connectivity index (χ4n) is 2.46. The van der Waals surface area contributed by atoms with E-state index in [0.717, 1.165) is 36.0 Å². The first-order chi connectivity index (χ1) is 9.47. The van der Waals surface area contributed by atoms with Crippen LogP contribution in [0.3, 0.4) is 0 Å². The van der Waals surface area contributed by atoms with E-state index in [1.54, 1.807) is 7.05 Å². The van der Waals surface area contributed by atoms with Crippen molar-refractivity contribution >= 4 is 26.0 Å². The Hall–Kier alpha value is -0.430. The van der Waals surface area contributed by atoms with E-state index in [0.29, 0.717) is 6.54 Å². The van der Waals surface area contributed by atoms with E-state index in [4.69, 9.17) is 0 Å². The van der Waals surface area contributed by atoms with Crippen molar-refractivity contribution in [3.8, 4) is 0 Å². The Morgan fingerprint density at radius 1 is 1.35 bits per heavy atom. The predicted octanol–water partition coefficient (Wildman–Crippen LogP) is 2.21. The van der Waals surface area contributed by atoms with Gasteiger partial charge >= 0.3 is 0 Å². The van der Waals surface area contributed by atoms with Crippen LogP contribution in [0.2, 0.25) is 0 Å². The van der Waals surface area contributed by atoms with Crippen LogP contribution in [0.5, 0.6) is 0 Å². The van der Waals surface area contributed by atoms with Gasteiger partial charge in [-0.2, -0.15) is 0 Å². The van der Waals surface area contributed by atoms with Crippen LogP contribution in [-0.4, -0.2) is 38.6 Å². The van der Waals surface area contributed by atoms with Crippen molar-refractivity contribution in [2.45, 2.75) is 19.4 Å². The molecule has 6 heteroatoms. The van der Waals surface area contributed by atoms with Crippen molar-refractivity contribution < 1.29 is 8.42 Å². The normalized spacial score (nSPS) is 17.6. The number of nitrogens with zero attached hydrogens (tertiary/aromatic N) is 1. The highest BCUT2D eigenvalue weighted by atomic mass is 79.9. The Morgan fingerprint density at radius 3 is 2.70 bits per heavy atom. The summed E-state index contributed by atoms with van der Waals surface area (Å²) in [6.07, 6.45) is 1.90. The van der Waals surface area contributed by atoms with E-state index in [9.17, 15) is 8.42 Å². The molecule has 0 radical (unpaired) electrons. The molecule has 0 spiro atoms. The van der Waals surface area contributed by atoms with Crippen LogP contribution in [0.1, 0.15) is 18.4 Å². The van der Waals surface area contributed by atoms with E-state index in [2.05, 4.69) is 21.2 Å². The number of nitrogens with one attached hydrogen (secondary N) is 1. The summed E-state index contributed by atoms with van der Waals surface area (Å²) in [6, 6.07) is 7.76. The number of halogens is 1. The third-order valence-corrected chi connectivity index (χ3v) is 6.14. The molecule has 1 fully saturated rings. The highest BCUT2D eigenvalue weighted by Gasteiger charge is 2.24. The van der Waals surface area contributed by atoms with Gasteiger partial charge in [0.25, 0.3) is 0 Å². The largest absolute Gasteiger partial charge is 0.317 e. The van der Waals surface area contributed by atoms with Gasteiger partial charge in [-0.25, -0.2) is 12.7 Å². The van der Waals surface area contributed by atoms with Crippen molar-refractivity contribution in [3.05, 3.63) is 34.3 Å². The minimum Gasteiger partial charge on any atom is -0.317 e. The second-order valence-electron chi connectivity index (χ2n) is 5.36. The smallest absolute Gasteiger partial charge is 0.214 e. The van der Waals surface area contributed by atoms with Gasteiger partial charge in [0.1, 0.15) is 0 Å². The molecule has 20 heavy (non-hydrogen) atoms. The summed E-state index contributed by atoms with van der Waals surface area (Å²) in [4.78, 5) is 0. The molecule has 1 aromatic rings. The fraction of sp³-hybridized carbons (Fsp3) is 0.571. The highest BCUT2D eigenvalue weighted by molar-refractivity contribution is 9.10. The molecular weight excluding hydrogens is 340 g/mol. The average Bonchev–Trinajstić information content (AvgIpc) is 2.39. The molecule has 112 valence electrons. The van der Waals surface area contributed by atoms with E-state index in [-0.39, 0.29) is 11.7 Å². The van der Waals surface area contributed by atoms with Gasteiger partial charge in [0.05, 0.1) is 5.75 Å². The second-order valence-corrected chi connectivity index (χ2v) is 8.39. The molecule has 1 aliphatic heterocycles. The quantitative estimate of drug-likeness (QED) is 0.875. The zero-order valence-electron chi connectivity index (χ0n) is 11.7. The lowest BCUT2D eigenvalue weighted by atomic mass is 10.0. The first kappa shape index (κ1) is 15.9. The van der Waals surface area contributed by atoms with Crippen molar-refractivity contribution in [3.63, 3.8) is 0 Å². The predicted molar refractivity (Wildman–Crippen MR) is 85.0 cm³/mol. The van der Waals surface area contributed by atoms with Crippen LogP contribution in [-0.2, 0) is 16.6 Å². The summed E-state index contributed by atoms with van der Waals surface area (Å²) in [6.45, 7) is 2.28. The topological polar surface area (TPSA) is 49.4 Å². The number of piperidine rings is 1. The minimum atomic E-state index is -3.18. The van der Waals surface area contributed by atoms with Crippen molar-refractivity contribution in [2.75, 3.05) is 25.9 Å². The summed E-state index contributed by atoms with van der Waals surface area (Å²) >= 11 is 3.41. The first-order valence-electron chi connectivity index (χ1n) is 6.86. The summed E-state index contributed by atoms with van der Waals surface area (Å²) in [5, 5.41) is 3.26. The van der Waals surface area contributed by atoms with Crippen molar-refractivity contribution in [1.82, 2.24) is 9.62 Å². The lowest BCUT2D eigenvalue weighted by Gasteiger charge is -2.25. The molecule has 0 aliphatic carbocycles. The van der Waals surface area contributed by atoms with Crippen LogP contribution in [0, 0.1) is 5.92 Å². The SMILES string of the molecule is CN(Cc1cccc(Br)c1)S(=O)(=O)CC1CCNCC1. The molecule has 2 rings (SSSR count). The molecule has 1 aliphatic rings. The van der Waals surface area contributed by atoms with Crippen LogP contribution >= 0.6 is 15.9 Å². The number of sulfonamides is 1. The maximum atomic E-state index is 12.4. The third-order valence-electron chi connectivity index (χ3n) is 3.67. The zero-order chi connectivity index (χ0) is 14.6.